The molecule has 0 saturated heterocycles. The van der Waals surface area contributed by atoms with Crippen molar-refractivity contribution in [3.05, 3.63) is 75.8 Å². The van der Waals surface area contributed by atoms with Crippen LogP contribution in [0.2, 0.25) is 5.02 Å². The summed E-state index contributed by atoms with van der Waals surface area (Å²) in [4.78, 5) is 28.6. The molecule has 0 aliphatic carbocycles. The molecule has 3 aromatic rings. The minimum absolute atomic E-state index is 0.114. The maximum absolute atomic E-state index is 12.2. The third-order valence-corrected chi connectivity index (χ3v) is 4.82. The molecule has 1 aromatic heterocycles. The minimum atomic E-state index is -0.231. The van der Waals surface area contributed by atoms with E-state index in [-0.39, 0.29) is 18.2 Å². The maximum atomic E-state index is 12.2. The van der Waals surface area contributed by atoms with E-state index in [2.05, 4.69) is 15.6 Å². The van der Waals surface area contributed by atoms with E-state index in [0.29, 0.717) is 27.1 Å². The van der Waals surface area contributed by atoms with Gasteiger partial charge in [0.25, 0.3) is 5.91 Å². The van der Waals surface area contributed by atoms with Crippen molar-refractivity contribution in [3.63, 3.8) is 0 Å². The van der Waals surface area contributed by atoms with Gasteiger partial charge in [0, 0.05) is 21.7 Å². The van der Waals surface area contributed by atoms with Gasteiger partial charge in [0.05, 0.1) is 12.1 Å². The summed E-state index contributed by atoms with van der Waals surface area (Å²) in [5.74, 6) is -0.429. The summed E-state index contributed by atoms with van der Waals surface area (Å²) in [7, 11) is 0. The summed E-state index contributed by atoms with van der Waals surface area (Å²) in [6, 6.07) is 14.2. The molecule has 0 fully saturated rings. The van der Waals surface area contributed by atoms with Gasteiger partial charge in [0.1, 0.15) is 0 Å². The Kier molecular flexibility index (Phi) is 5.65. The van der Waals surface area contributed by atoms with Gasteiger partial charge in [-0.25, -0.2) is 4.98 Å². The number of halogens is 1. The van der Waals surface area contributed by atoms with Crippen LogP contribution >= 0.6 is 22.9 Å². The Hall–Kier alpha value is -2.70. The molecule has 3 rings (SSSR count). The summed E-state index contributed by atoms with van der Waals surface area (Å²) in [5, 5.41) is 8.33. The van der Waals surface area contributed by atoms with E-state index < -0.39 is 0 Å². The standard InChI is InChI=1S/C19H16ClN3O2S/c1-12-7-8-14(9-16(12)20)21-17(24)10-15-11-26-19(22-15)23-18(25)13-5-3-2-4-6-13/h2-9,11H,10H2,1H3,(H,21,24)(H,22,23,25). The summed E-state index contributed by atoms with van der Waals surface area (Å²) < 4.78 is 0. The second-order valence-corrected chi connectivity index (χ2v) is 6.92. The fourth-order valence-corrected chi connectivity index (χ4v) is 3.13. The number of aryl methyl sites for hydroxylation is 1. The Bertz CT molecular complexity index is 941. The molecule has 132 valence electrons. The predicted octanol–water partition coefficient (Wildman–Crippen LogP) is 4.54. The topological polar surface area (TPSA) is 71.1 Å². The fourth-order valence-electron chi connectivity index (χ4n) is 2.24. The van der Waals surface area contributed by atoms with Crippen LogP contribution in [0.15, 0.2) is 53.9 Å². The molecule has 0 atom stereocenters. The molecule has 2 N–H and O–H groups in total. The highest BCUT2D eigenvalue weighted by Gasteiger charge is 2.11. The first-order valence-corrected chi connectivity index (χ1v) is 9.14. The number of thiazole rings is 1. The first-order chi connectivity index (χ1) is 12.5. The molecule has 7 heteroatoms. The summed E-state index contributed by atoms with van der Waals surface area (Å²) in [5.41, 5.74) is 2.73. The molecule has 0 unspecified atom stereocenters. The molecule has 0 spiro atoms. The molecule has 2 amide bonds. The van der Waals surface area contributed by atoms with Crippen LogP contribution < -0.4 is 10.6 Å². The normalized spacial score (nSPS) is 10.4. The van der Waals surface area contributed by atoms with Crippen molar-refractivity contribution in [2.45, 2.75) is 13.3 Å². The van der Waals surface area contributed by atoms with Crippen molar-refractivity contribution in [1.82, 2.24) is 4.98 Å². The van der Waals surface area contributed by atoms with Gasteiger partial charge in [0.15, 0.2) is 5.13 Å². The number of aromatic nitrogens is 1. The van der Waals surface area contributed by atoms with Crippen LogP contribution in [0.1, 0.15) is 21.6 Å². The summed E-state index contributed by atoms with van der Waals surface area (Å²) in [6.07, 6.45) is 0.114. The lowest BCUT2D eigenvalue weighted by molar-refractivity contribution is -0.115. The van der Waals surface area contributed by atoms with Gasteiger partial charge in [-0.15, -0.1) is 11.3 Å². The monoisotopic (exact) mass is 385 g/mol. The van der Waals surface area contributed by atoms with E-state index in [4.69, 9.17) is 11.6 Å². The Balaban J connectivity index is 1.58. The zero-order valence-corrected chi connectivity index (χ0v) is 15.5. The number of rotatable bonds is 5. The van der Waals surface area contributed by atoms with Gasteiger partial charge in [0.2, 0.25) is 5.91 Å². The molecule has 0 aliphatic heterocycles. The summed E-state index contributed by atoms with van der Waals surface area (Å²) >= 11 is 7.34. The Labute approximate surface area is 160 Å². The SMILES string of the molecule is Cc1ccc(NC(=O)Cc2csc(NC(=O)c3ccccc3)n2)cc1Cl. The van der Waals surface area contributed by atoms with Crippen molar-refractivity contribution in [2.75, 3.05) is 10.6 Å². The van der Waals surface area contributed by atoms with Gasteiger partial charge >= 0.3 is 0 Å². The Morgan fingerprint density at radius 1 is 1.12 bits per heavy atom. The van der Waals surface area contributed by atoms with Gasteiger partial charge in [-0.1, -0.05) is 35.9 Å². The maximum Gasteiger partial charge on any atom is 0.257 e. The number of anilines is 2. The number of carbonyl (C=O) groups is 2. The highest BCUT2D eigenvalue weighted by Crippen LogP contribution is 2.21. The molecular formula is C19H16ClN3O2S. The molecule has 1 heterocycles. The fraction of sp³-hybridized carbons (Fsp3) is 0.105. The number of hydrogen-bond donors (Lipinski definition) is 2. The lowest BCUT2D eigenvalue weighted by Crippen LogP contribution is -2.15. The van der Waals surface area contributed by atoms with Crippen LogP contribution in [-0.4, -0.2) is 16.8 Å². The van der Waals surface area contributed by atoms with Crippen LogP contribution in [0.4, 0.5) is 10.8 Å². The number of nitrogens with one attached hydrogen (secondary N) is 2. The average Bonchev–Trinajstić information content (AvgIpc) is 3.05. The number of nitrogens with zero attached hydrogens (tertiary/aromatic N) is 1. The third-order valence-electron chi connectivity index (χ3n) is 3.61. The number of amides is 2. The van der Waals surface area contributed by atoms with E-state index in [9.17, 15) is 9.59 Å². The lowest BCUT2D eigenvalue weighted by atomic mass is 10.2. The van der Waals surface area contributed by atoms with Gasteiger partial charge in [-0.05, 0) is 36.8 Å². The smallest absolute Gasteiger partial charge is 0.257 e. The second-order valence-electron chi connectivity index (χ2n) is 5.65. The van der Waals surface area contributed by atoms with Gasteiger partial charge < -0.3 is 5.32 Å². The zero-order chi connectivity index (χ0) is 18.5. The predicted molar refractivity (Wildman–Crippen MR) is 105 cm³/mol. The van der Waals surface area contributed by atoms with Crippen molar-refractivity contribution >= 4 is 45.6 Å². The van der Waals surface area contributed by atoms with Crippen molar-refractivity contribution in [3.8, 4) is 0 Å². The number of benzene rings is 2. The lowest BCUT2D eigenvalue weighted by Gasteiger charge is -2.06. The average molecular weight is 386 g/mol. The van der Waals surface area contributed by atoms with Gasteiger partial charge in [-0.3, -0.25) is 14.9 Å². The van der Waals surface area contributed by atoms with E-state index in [1.54, 1.807) is 41.8 Å². The van der Waals surface area contributed by atoms with Crippen LogP contribution in [0.3, 0.4) is 0 Å². The molecule has 2 aromatic carbocycles. The molecule has 0 saturated carbocycles. The highest BCUT2D eigenvalue weighted by molar-refractivity contribution is 7.14. The van der Waals surface area contributed by atoms with E-state index in [1.807, 2.05) is 19.1 Å². The largest absolute Gasteiger partial charge is 0.326 e. The summed E-state index contributed by atoms with van der Waals surface area (Å²) in [6.45, 7) is 1.90. The molecular weight excluding hydrogens is 370 g/mol. The van der Waals surface area contributed by atoms with Crippen LogP contribution in [-0.2, 0) is 11.2 Å². The van der Waals surface area contributed by atoms with Crippen LogP contribution in [0.5, 0.6) is 0 Å². The number of hydrogen-bond acceptors (Lipinski definition) is 4. The van der Waals surface area contributed by atoms with E-state index >= 15 is 0 Å². The molecule has 5 nitrogen and oxygen atoms in total. The number of carbonyl (C=O) groups excluding carboxylic acids is 2. The molecule has 0 radical (unpaired) electrons. The van der Waals surface area contributed by atoms with Crippen molar-refractivity contribution < 1.29 is 9.59 Å². The van der Waals surface area contributed by atoms with E-state index in [1.165, 1.54) is 11.3 Å². The zero-order valence-electron chi connectivity index (χ0n) is 14.0. The van der Waals surface area contributed by atoms with Gasteiger partial charge in [-0.2, -0.15) is 0 Å². The molecule has 26 heavy (non-hydrogen) atoms. The highest BCUT2D eigenvalue weighted by atomic mass is 35.5. The second kappa shape index (κ2) is 8.12. The molecule has 0 bridgehead atoms. The Morgan fingerprint density at radius 3 is 2.62 bits per heavy atom. The van der Waals surface area contributed by atoms with Crippen LogP contribution in [0.25, 0.3) is 0 Å². The van der Waals surface area contributed by atoms with Crippen molar-refractivity contribution in [2.24, 2.45) is 0 Å². The first kappa shape index (κ1) is 18.1. The Morgan fingerprint density at radius 2 is 1.88 bits per heavy atom. The van der Waals surface area contributed by atoms with Crippen molar-refractivity contribution in [1.29, 1.82) is 0 Å². The minimum Gasteiger partial charge on any atom is -0.326 e. The van der Waals surface area contributed by atoms with Crippen LogP contribution in [0, 0.1) is 6.92 Å². The third kappa shape index (κ3) is 4.68. The molecule has 0 aliphatic rings. The quantitative estimate of drug-likeness (QED) is 0.677. The van der Waals surface area contributed by atoms with E-state index in [0.717, 1.165) is 5.56 Å². The first-order valence-electron chi connectivity index (χ1n) is 7.88.